The van der Waals surface area contributed by atoms with Crippen molar-refractivity contribution in [1.29, 1.82) is 0 Å². The van der Waals surface area contributed by atoms with Crippen molar-refractivity contribution in [1.82, 2.24) is 15.1 Å². The van der Waals surface area contributed by atoms with E-state index in [4.69, 9.17) is 0 Å². The van der Waals surface area contributed by atoms with Crippen LogP contribution in [0.25, 0.3) is 10.9 Å². The number of para-hydroxylation sites is 1. The van der Waals surface area contributed by atoms with Crippen LogP contribution in [0.15, 0.2) is 54.6 Å². The Labute approximate surface area is 147 Å². The summed E-state index contributed by atoms with van der Waals surface area (Å²) in [5, 5.41) is 8.36. The molecule has 0 bridgehead atoms. The smallest absolute Gasteiger partial charge is 0.228 e. The van der Waals surface area contributed by atoms with Gasteiger partial charge in [-0.1, -0.05) is 48.5 Å². The number of carbonyl (C=O) groups is 1. The molecule has 1 aliphatic rings. The zero-order valence-corrected chi connectivity index (χ0v) is 14.3. The molecule has 0 radical (unpaired) electrons. The second kappa shape index (κ2) is 7.09. The second-order valence-electron chi connectivity index (χ2n) is 6.91. The summed E-state index contributed by atoms with van der Waals surface area (Å²) in [4.78, 5) is 14.7. The molecule has 0 atom stereocenters. The van der Waals surface area contributed by atoms with E-state index in [0.717, 1.165) is 48.9 Å². The van der Waals surface area contributed by atoms with Gasteiger partial charge in [0, 0.05) is 18.5 Å². The van der Waals surface area contributed by atoms with Gasteiger partial charge in [0.15, 0.2) is 0 Å². The molecule has 0 spiro atoms. The van der Waals surface area contributed by atoms with Crippen molar-refractivity contribution in [3.05, 3.63) is 65.9 Å². The van der Waals surface area contributed by atoms with E-state index in [1.165, 1.54) is 5.56 Å². The predicted octanol–water partition coefficient (Wildman–Crippen LogP) is 3.59. The lowest BCUT2D eigenvalue weighted by Crippen LogP contribution is -2.39. The van der Waals surface area contributed by atoms with Crippen molar-refractivity contribution in [2.75, 3.05) is 13.1 Å². The van der Waals surface area contributed by atoms with Gasteiger partial charge in [-0.15, -0.1) is 0 Å². The maximum atomic E-state index is 12.7. The van der Waals surface area contributed by atoms with Gasteiger partial charge in [0.05, 0.1) is 17.6 Å². The van der Waals surface area contributed by atoms with E-state index < -0.39 is 0 Å². The number of likely N-dealkylation sites (tertiary alicyclic amines) is 1. The molecular formula is C21H23N3O. The van der Waals surface area contributed by atoms with Crippen molar-refractivity contribution in [3.63, 3.8) is 0 Å². The first-order valence-electron chi connectivity index (χ1n) is 9.03. The largest absolute Gasteiger partial charge is 0.342 e. The Morgan fingerprint density at radius 2 is 1.76 bits per heavy atom. The highest BCUT2D eigenvalue weighted by atomic mass is 16.2. The molecule has 128 valence electrons. The maximum absolute atomic E-state index is 12.7. The number of nitrogens with one attached hydrogen (secondary N) is 1. The average molecular weight is 333 g/mol. The first-order valence-corrected chi connectivity index (χ1v) is 9.03. The quantitative estimate of drug-likeness (QED) is 0.793. The number of benzene rings is 2. The Hall–Kier alpha value is -2.62. The van der Waals surface area contributed by atoms with Crippen LogP contribution in [0, 0.1) is 5.92 Å². The van der Waals surface area contributed by atoms with Crippen LogP contribution in [0.1, 0.15) is 24.1 Å². The molecule has 1 saturated heterocycles. The van der Waals surface area contributed by atoms with Crippen LogP contribution in [0.4, 0.5) is 0 Å². The molecule has 1 aromatic heterocycles. The van der Waals surface area contributed by atoms with E-state index in [1.807, 2.05) is 29.2 Å². The molecule has 1 amide bonds. The molecule has 0 saturated carbocycles. The summed E-state index contributed by atoms with van der Waals surface area (Å²) in [5.41, 5.74) is 3.25. The van der Waals surface area contributed by atoms with Gasteiger partial charge in [-0.25, -0.2) is 0 Å². The molecule has 2 aromatic carbocycles. The van der Waals surface area contributed by atoms with Gasteiger partial charge in [-0.2, -0.15) is 5.10 Å². The monoisotopic (exact) mass is 333 g/mol. The zero-order chi connectivity index (χ0) is 17.1. The molecule has 0 aliphatic carbocycles. The summed E-state index contributed by atoms with van der Waals surface area (Å²) in [6.45, 7) is 1.73. The topological polar surface area (TPSA) is 49.0 Å². The number of hydrogen-bond donors (Lipinski definition) is 1. The Morgan fingerprint density at radius 3 is 2.56 bits per heavy atom. The number of piperidine rings is 1. The lowest BCUT2D eigenvalue weighted by atomic mass is 9.90. The summed E-state index contributed by atoms with van der Waals surface area (Å²) >= 11 is 0. The number of hydrogen-bond acceptors (Lipinski definition) is 2. The molecule has 4 nitrogen and oxygen atoms in total. The van der Waals surface area contributed by atoms with Crippen molar-refractivity contribution >= 4 is 16.8 Å². The second-order valence-corrected chi connectivity index (χ2v) is 6.91. The van der Waals surface area contributed by atoms with Crippen LogP contribution in [0.2, 0.25) is 0 Å². The minimum atomic E-state index is 0.201. The Morgan fingerprint density at radius 1 is 1.04 bits per heavy atom. The van der Waals surface area contributed by atoms with Crippen LogP contribution in [-0.2, 0) is 17.6 Å². The number of H-pyrrole nitrogens is 1. The maximum Gasteiger partial charge on any atom is 0.228 e. The molecule has 1 fully saturated rings. The fourth-order valence-electron chi connectivity index (χ4n) is 3.75. The number of rotatable bonds is 4. The molecule has 4 heteroatoms. The fraction of sp³-hybridized carbons (Fsp3) is 0.333. The Balaban J connectivity index is 1.33. The first kappa shape index (κ1) is 15.9. The Kier molecular flexibility index (Phi) is 4.51. The van der Waals surface area contributed by atoms with Gasteiger partial charge in [-0.3, -0.25) is 9.89 Å². The average Bonchev–Trinajstić information content (AvgIpc) is 3.06. The number of fused-ring (bicyclic) bond motifs is 1. The van der Waals surface area contributed by atoms with E-state index in [1.54, 1.807) is 0 Å². The van der Waals surface area contributed by atoms with Crippen molar-refractivity contribution in [2.24, 2.45) is 5.92 Å². The third-order valence-corrected chi connectivity index (χ3v) is 5.20. The van der Waals surface area contributed by atoms with Gasteiger partial charge < -0.3 is 4.90 Å². The highest BCUT2D eigenvalue weighted by Crippen LogP contribution is 2.23. The van der Waals surface area contributed by atoms with Gasteiger partial charge in [-0.05, 0) is 36.8 Å². The number of carbonyl (C=O) groups excluding carboxylic acids is 1. The zero-order valence-electron chi connectivity index (χ0n) is 14.3. The highest BCUT2D eigenvalue weighted by molar-refractivity contribution is 5.87. The molecule has 2 heterocycles. The van der Waals surface area contributed by atoms with Crippen molar-refractivity contribution < 1.29 is 4.79 Å². The normalized spacial score (nSPS) is 15.6. The van der Waals surface area contributed by atoms with E-state index in [-0.39, 0.29) is 5.91 Å². The SMILES string of the molecule is O=C(Cc1[nH]nc2ccccc12)N1CCC(Cc2ccccc2)CC1. The van der Waals surface area contributed by atoms with Gasteiger partial charge in [0.25, 0.3) is 0 Å². The van der Waals surface area contributed by atoms with Gasteiger partial charge in [0.1, 0.15) is 0 Å². The van der Waals surface area contributed by atoms with Gasteiger partial charge in [0.2, 0.25) is 5.91 Å². The van der Waals surface area contributed by atoms with Crippen LogP contribution in [0.3, 0.4) is 0 Å². The highest BCUT2D eigenvalue weighted by Gasteiger charge is 2.23. The molecule has 25 heavy (non-hydrogen) atoms. The molecule has 4 rings (SSSR count). The number of aromatic nitrogens is 2. The van der Waals surface area contributed by atoms with E-state index in [0.29, 0.717) is 12.3 Å². The molecule has 0 unspecified atom stereocenters. The molecule has 3 aromatic rings. The van der Waals surface area contributed by atoms with Crippen molar-refractivity contribution in [3.8, 4) is 0 Å². The minimum Gasteiger partial charge on any atom is -0.342 e. The summed E-state index contributed by atoms with van der Waals surface area (Å²) in [5.74, 6) is 0.881. The van der Waals surface area contributed by atoms with Crippen LogP contribution in [0.5, 0.6) is 0 Å². The van der Waals surface area contributed by atoms with Crippen molar-refractivity contribution in [2.45, 2.75) is 25.7 Å². The van der Waals surface area contributed by atoms with Crippen LogP contribution >= 0.6 is 0 Å². The predicted molar refractivity (Wildman–Crippen MR) is 99.2 cm³/mol. The fourth-order valence-corrected chi connectivity index (χ4v) is 3.75. The summed E-state index contributed by atoms with van der Waals surface area (Å²) in [6, 6.07) is 18.6. The summed E-state index contributed by atoms with van der Waals surface area (Å²) in [7, 11) is 0. The molecule has 1 aliphatic heterocycles. The van der Waals surface area contributed by atoms with E-state index >= 15 is 0 Å². The van der Waals surface area contributed by atoms with Crippen LogP contribution < -0.4 is 0 Å². The lowest BCUT2D eigenvalue weighted by molar-refractivity contribution is -0.131. The number of amides is 1. The van der Waals surface area contributed by atoms with Gasteiger partial charge >= 0.3 is 0 Å². The standard InChI is InChI=1S/C21H23N3O/c25-21(15-20-18-8-4-5-9-19(18)22-23-20)24-12-10-17(11-13-24)14-16-6-2-1-3-7-16/h1-9,17H,10-15H2,(H,22,23). The summed E-state index contributed by atoms with van der Waals surface area (Å²) < 4.78 is 0. The molecule has 1 N–H and O–H groups in total. The minimum absolute atomic E-state index is 0.201. The Bertz CT molecular complexity index is 848. The van der Waals surface area contributed by atoms with E-state index in [2.05, 4.69) is 40.5 Å². The summed E-state index contributed by atoms with van der Waals surface area (Å²) in [6.07, 6.45) is 3.70. The van der Waals surface area contributed by atoms with E-state index in [9.17, 15) is 4.79 Å². The number of aromatic amines is 1. The van der Waals surface area contributed by atoms with Crippen LogP contribution in [-0.4, -0.2) is 34.1 Å². The first-order chi connectivity index (χ1) is 12.3. The number of nitrogens with zero attached hydrogens (tertiary/aromatic N) is 2. The third kappa shape index (κ3) is 3.58. The molecular weight excluding hydrogens is 310 g/mol. The lowest BCUT2D eigenvalue weighted by Gasteiger charge is -2.32. The third-order valence-electron chi connectivity index (χ3n) is 5.20.